The van der Waals surface area contributed by atoms with Gasteiger partial charge in [0.15, 0.2) is 0 Å². The second kappa shape index (κ2) is 7.54. The Hall–Kier alpha value is -0.210. The summed E-state index contributed by atoms with van der Waals surface area (Å²) in [6.07, 6.45) is 1.64. The van der Waals surface area contributed by atoms with Gasteiger partial charge in [-0.25, -0.2) is 8.42 Å². The number of aliphatic hydroxyl groups excluding tert-OH is 1. The van der Waals surface area contributed by atoms with Crippen molar-refractivity contribution < 1.29 is 13.5 Å². The number of rotatable bonds is 7. The van der Waals surface area contributed by atoms with Crippen LogP contribution in [-0.2, 0) is 10.0 Å². The lowest BCUT2D eigenvalue weighted by Crippen LogP contribution is -2.50. The molecule has 1 heterocycles. The van der Waals surface area contributed by atoms with Crippen molar-refractivity contribution in [2.75, 3.05) is 38.5 Å². The number of nitrogens with two attached hydrogens (primary N) is 1. The topological polar surface area (TPSA) is 86.9 Å². The van der Waals surface area contributed by atoms with E-state index in [0.717, 1.165) is 25.9 Å². The van der Waals surface area contributed by atoms with Crippen LogP contribution < -0.4 is 5.73 Å². The maximum absolute atomic E-state index is 12.2. The van der Waals surface area contributed by atoms with Gasteiger partial charge in [0.1, 0.15) is 0 Å². The molecular weight excluding hydrogens is 266 g/mol. The van der Waals surface area contributed by atoms with Gasteiger partial charge in [-0.15, -0.1) is 0 Å². The molecule has 3 N–H and O–H groups in total. The molecule has 1 aliphatic heterocycles. The third-order valence-electron chi connectivity index (χ3n) is 3.69. The third kappa shape index (κ3) is 4.68. The summed E-state index contributed by atoms with van der Waals surface area (Å²) >= 11 is 0. The van der Waals surface area contributed by atoms with E-state index < -0.39 is 10.0 Å². The van der Waals surface area contributed by atoms with E-state index in [1.54, 1.807) is 0 Å². The Bertz CT molecular complexity index is 351. The molecule has 114 valence electrons. The minimum atomic E-state index is -3.34. The van der Waals surface area contributed by atoms with Crippen molar-refractivity contribution in [3.8, 4) is 0 Å². The van der Waals surface area contributed by atoms with E-state index in [0.29, 0.717) is 6.04 Å². The van der Waals surface area contributed by atoms with Gasteiger partial charge in [-0.2, -0.15) is 4.31 Å². The maximum atomic E-state index is 12.2. The van der Waals surface area contributed by atoms with Gasteiger partial charge in [0.05, 0.1) is 12.4 Å². The molecule has 0 amide bonds. The van der Waals surface area contributed by atoms with Gasteiger partial charge < -0.3 is 15.7 Å². The van der Waals surface area contributed by atoms with Crippen molar-refractivity contribution in [2.24, 2.45) is 5.73 Å². The summed E-state index contributed by atoms with van der Waals surface area (Å²) in [5, 5.41) is 9.09. The Labute approximate surface area is 116 Å². The Morgan fingerprint density at radius 3 is 2.37 bits per heavy atom. The normalized spacial score (nSPS) is 19.5. The fourth-order valence-corrected chi connectivity index (χ4v) is 4.16. The molecule has 0 spiro atoms. The Morgan fingerprint density at radius 2 is 1.95 bits per heavy atom. The van der Waals surface area contributed by atoms with Crippen molar-refractivity contribution in [2.45, 2.75) is 38.8 Å². The van der Waals surface area contributed by atoms with Gasteiger partial charge in [0.25, 0.3) is 0 Å². The third-order valence-corrected chi connectivity index (χ3v) is 5.64. The summed E-state index contributed by atoms with van der Waals surface area (Å²) in [6.45, 7) is 6.26. The number of sulfonamides is 1. The van der Waals surface area contributed by atoms with Crippen LogP contribution in [0.4, 0.5) is 0 Å². The van der Waals surface area contributed by atoms with E-state index in [1.807, 2.05) is 0 Å². The predicted molar refractivity (Wildman–Crippen MR) is 76.4 cm³/mol. The molecule has 1 rings (SSSR count). The quantitative estimate of drug-likeness (QED) is 0.657. The van der Waals surface area contributed by atoms with Crippen LogP contribution in [0.2, 0.25) is 0 Å². The standard InChI is InChI=1S/C12H27N3O3S/c1-11(2)14-6-3-12(4-7-14)15(8-9-16)19(17,18)10-5-13/h11-12,16H,3-10,13H2,1-2H3. The minimum Gasteiger partial charge on any atom is -0.395 e. The highest BCUT2D eigenvalue weighted by Gasteiger charge is 2.32. The van der Waals surface area contributed by atoms with Crippen molar-refractivity contribution in [1.82, 2.24) is 9.21 Å². The summed E-state index contributed by atoms with van der Waals surface area (Å²) in [4.78, 5) is 2.35. The molecule has 1 aliphatic rings. The largest absolute Gasteiger partial charge is 0.395 e. The number of nitrogens with zero attached hydrogens (tertiary/aromatic N) is 2. The van der Waals surface area contributed by atoms with E-state index in [9.17, 15) is 8.42 Å². The van der Waals surface area contributed by atoms with Crippen LogP contribution in [0.25, 0.3) is 0 Å². The zero-order valence-corrected chi connectivity index (χ0v) is 12.8. The highest BCUT2D eigenvalue weighted by Crippen LogP contribution is 2.20. The van der Waals surface area contributed by atoms with Crippen LogP contribution in [0.15, 0.2) is 0 Å². The van der Waals surface area contributed by atoms with Gasteiger partial charge in [-0.05, 0) is 39.8 Å². The van der Waals surface area contributed by atoms with Crippen LogP contribution >= 0.6 is 0 Å². The molecule has 0 aromatic rings. The van der Waals surface area contributed by atoms with Crippen molar-refractivity contribution in [3.05, 3.63) is 0 Å². The highest BCUT2D eigenvalue weighted by atomic mass is 32.2. The molecule has 6 nitrogen and oxygen atoms in total. The van der Waals surface area contributed by atoms with Crippen LogP contribution in [-0.4, -0.2) is 73.4 Å². The first kappa shape index (κ1) is 16.8. The van der Waals surface area contributed by atoms with Crippen molar-refractivity contribution in [3.63, 3.8) is 0 Å². The van der Waals surface area contributed by atoms with Gasteiger partial charge in [0, 0.05) is 25.2 Å². The fraction of sp³-hybridized carbons (Fsp3) is 1.00. The fourth-order valence-electron chi connectivity index (χ4n) is 2.60. The van der Waals surface area contributed by atoms with Crippen LogP contribution in [0, 0.1) is 0 Å². The monoisotopic (exact) mass is 293 g/mol. The predicted octanol–water partition coefficient (Wildman–Crippen LogP) is -0.558. The average Bonchev–Trinajstić information content (AvgIpc) is 2.36. The van der Waals surface area contributed by atoms with Crippen LogP contribution in [0.1, 0.15) is 26.7 Å². The van der Waals surface area contributed by atoms with Gasteiger partial charge >= 0.3 is 0 Å². The average molecular weight is 293 g/mol. The molecule has 0 aromatic heterocycles. The Kier molecular flexibility index (Phi) is 6.68. The van der Waals surface area contributed by atoms with Gasteiger partial charge in [-0.3, -0.25) is 0 Å². The van der Waals surface area contributed by atoms with Crippen LogP contribution in [0.3, 0.4) is 0 Å². The molecule has 0 unspecified atom stereocenters. The number of aliphatic hydroxyl groups is 1. The molecule has 0 saturated carbocycles. The molecule has 0 bridgehead atoms. The zero-order valence-electron chi connectivity index (χ0n) is 12.0. The highest BCUT2D eigenvalue weighted by molar-refractivity contribution is 7.89. The number of hydrogen-bond acceptors (Lipinski definition) is 5. The van der Waals surface area contributed by atoms with Gasteiger partial charge in [0.2, 0.25) is 10.0 Å². The first-order chi connectivity index (χ1) is 8.92. The molecule has 0 radical (unpaired) electrons. The summed E-state index contributed by atoms with van der Waals surface area (Å²) < 4.78 is 25.8. The molecule has 1 saturated heterocycles. The second-order valence-electron chi connectivity index (χ2n) is 5.30. The van der Waals surface area contributed by atoms with E-state index in [4.69, 9.17) is 10.8 Å². The van der Waals surface area contributed by atoms with E-state index in [1.165, 1.54) is 4.31 Å². The summed E-state index contributed by atoms with van der Waals surface area (Å²) in [5.41, 5.74) is 5.36. The van der Waals surface area contributed by atoms with E-state index in [-0.39, 0.29) is 31.5 Å². The first-order valence-corrected chi connectivity index (χ1v) is 8.57. The number of hydrogen-bond donors (Lipinski definition) is 2. The van der Waals surface area contributed by atoms with E-state index in [2.05, 4.69) is 18.7 Å². The number of piperidine rings is 1. The Morgan fingerprint density at radius 1 is 1.37 bits per heavy atom. The lowest BCUT2D eigenvalue weighted by atomic mass is 10.0. The molecule has 0 atom stereocenters. The van der Waals surface area contributed by atoms with Crippen molar-refractivity contribution >= 4 is 10.0 Å². The molecule has 0 aromatic carbocycles. The van der Waals surface area contributed by atoms with Crippen LogP contribution in [0.5, 0.6) is 0 Å². The molecular formula is C12H27N3O3S. The maximum Gasteiger partial charge on any atom is 0.215 e. The lowest BCUT2D eigenvalue weighted by molar-refractivity contribution is 0.123. The summed E-state index contributed by atoms with van der Waals surface area (Å²) in [7, 11) is -3.34. The second-order valence-corrected chi connectivity index (χ2v) is 7.34. The number of likely N-dealkylation sites (tertiary alicyclic amines) is 1. The lowest BCUT2D eigenvalue weighted by Gasteiger charge is -2.39. The minimum absolute atomic E-state index is 0.00120. The van der Waals surface area contributed by atoms with Crippen molar-refractivity contribution in [1.29, 1.82) is 0 Å². The van der Waals surface area contributed by atoms with E-state index >= 15 is 0 Å². The first-order valence-electron chi connectivity index (χ1n) is 6.97. The molecule has 1 fully saturated rings. The Balaban J connectivity index is 2.69. The summed E-state index contributed by atoms with van der Waals surface area (Å²) in [5.74, 6) is -0.0443. The molecule has 0 aliphatic carbocycles. The molecule has 19 heavy (non-hydrogen) atoms. The summed E-state index contributed by atoms with van der Waals surface area (Å²) in [6, 6.07) is 0.492. The zero-order chi connectivity index (χ0) is 14.5. The van der Waals surface area contributed by atoms with Gasteiger partial charge in [-0.1, -0.05) is 0 Å². The SMILES string of the molecule is CC(C)N1CCC(N(CCO)S(=O)(=O)CCN)CC1. The smallest absolute Gasteiger partial charge is 0.215 e. The molecule has 7 heteroatoms.